The lowest BCUT2D eigenvalue weighted by Gasteiger charge is -2.14. The van der Waals surface area contributed by atoms with Crippen molar-refractivity contribution in [3.8, 4) is 0 Å². The van der Waals surface area contributed by atoms with Crippen LogP contribution in [0.15, 0.2) is 47.1 Å². The van der Waals surface area contributed by atoms with Gasteiger partial charge in [0.25, 0.3) is 0 Å². The lowest BCUT2D eigenvalue weighted by atomic mass is 10.1. The van der Waals surface area contributed by atoms with Gasteiger partial charge in [-0.1, -0.05) is 24.3 Å². The predicted molar refractivity (Wildman–Crippen MR) is 66.3 cm³/mol. The van der Waals surface area contributed by atoms with Gasteiger partial charge in [-0.15, -0.1) is 0 Å². The molecule has 3 heteroatoms. The van der Waals surface area contributed by atoms with E-state index >= 15 is 0 Å². The molecular formula is C14H17NO2. The number of benzene rings is 1. The molecule has 0 radical (unpaired) electrons. The van der Waals surface area contributed by atoms with Crippen LogP contribution >= 0.6 is 0 Å². The van der Waals surface area contributed by atoms with Gasteiger partial charge in [0.1, 0.15) is 5.76 Å². The smallest absolute Gasteiger partial charge is 0.117 e. The molecule has 2 aromatic rings. The molecule has 0 aliphatic rings. The summed E-state index contributed by atoms with van der Waals surface area (Å²) >= 11 is 0. The van der Waals surface area contributed by atoms with Crippen molar-refractivity contribution >= 4 is 0 Å². The molecule has 1 heterocycles. The van der Waals surface area contributed by atoms with Crippen molar-refractivity contribution in [1.82, 2.24) is 5.32 Å². The molecule has 2 rings (SSSR count). The van der Waals surface area contributed by atoms with Crippen LogP contribution in [0.2, 0.25) is 0 Å². The van der Waals surface area contributed by atoms with E-state index in [0.717, 1.165) is 11.3 Å². The number of nitrogens with one attached hydrogen (secondary N) is 1. The molecule has 0 saturated carbocycles. The van der Waals surface area contributed by atoms with Crippen molar-refractivity contribution in [2.45, 2.75) is 26.1 Å². The Kier molecular flexibility index (Phi) is 3.96. The van der Waals surface area contributed by atoms with E-state index in [1.807, 2.05) is 30.3 Å². The summed E-state index contributed by atoms with van der Waals surface area (Å²) in [5.74, 6) is 0.926. The van der Waals surface area contributed by atoms with E-state index in [-0.39, 0.29) is 12.6 Å². The Hall–Kier alpha value is -1.58. The van der Waals surface area contributed by atoms with Crippen LogP contribution in [0.4, 0.5) is 0 Å². The maximum atomic E-state index is 9.09. The van der Waals surface area contributed by atoms with Crippen molar-refractivity contribution in [2.24, 2.45) is 0 Å². The van der Waals surface area contributed by atoms with Gasteiger partial charge in [0.05, 0.1) is 19.4 Å². The first-order valence-electron chi connectivity index (χ1n) is 5.75. The Morgan fingerprint density at radius 1 is 1.29 bits per heavy atom. The van der Waals surface area contributed by atoms with E-state index < -0.39 is 0 Å². The Bertz CT molecular complexity index is 451. The van der Waals surface area contributed by atoms with Gasteiger partial charge in [-0.2, -0.15) is 0 Å². The van der Waals surface area contributed by atoms with Gasteiger partial charge in [0.15, 0.2) is 0 Å². The molecule has 0 aliphatic carbocycles. The Morgan fingerprint density at radius 2 is 2.18 bits per heavy atom. The van der Waals surface area contributed by atoms with Gasteiger partial charge < -0.3 is 14.8 Å². The predicted octanol–water partition coefficient (Wildman–Crippen LogP) is 2.62. The molecule has 0 amide bonds. The monoisotopic (exact) mass is 231 g/mol. The first-order valence-corrected chi connectivity index (χ1v) is 5.75. The van der Waals surface area contributed by atoms with Crippen LogP contribution in [-0.2, 0) is 13.2 Å². The summed E-state index contributed by atoms with van der Waals surface area (Å²) < 4.78 is 5.26. The van der Waals surface area contributed by atoms with Gasteiger partial charge in [-0.25, -0.2) is 0 Å². The van der Waals surface area contributed by atoms with Gasteiger partial charge in [-0.3, -0.25) is 0 Å². The van der Waals surface area contributed by atoms with Crippen molar-refractivity contribution in [2.75, 3.05) is 0 Å². The summed E-state index contributed by atoms with van der Waals surface area (Å²) in [5.41, 5.74) is 2.11. The van der Waals surface area contributed by atoms with E-state index in [1.165, 1.54) is 5.56 Å². The standard InChI is InChI=1S/C14H17NO2/c1-11(15-9-14-6-3-7-17-14)13-5-2-4-12(8-13)10-16/h2-8,11,15-16H,9-10H2,1H3. The summed E-state index contributed by atoms with van der Waals surface area (Å²) in [7, 11) is 0. The number of aliphatic hydroxyl groups is 1. The number of rotatable bonds is 5. The minimum Gasteiger partial charge on any atom is -0.468 e. The number of furan rings is 1. The van der Waals surface area contributed by atoms with Crippen LogP contribution in [-0.4, -0.2) is 5.11 Å². The quantitative estimate of drug-likeness (QED) is 0.831. The van der Waals surface area contributed by atoms with Crippen LogP contribution in [0.25, 0.3) is 0 Å². The fourth-order valence-corrected chi connectivity index (χ4v) is 1.75. The van der Waals surface area contributed by atoms with Crippen LogP contribution < -0.4 is 5.32 Å². The lowest BCUT2D eigenvalue weighted by Crippen LogP contribution is -2.17. The normalized spacial score (nSPS) is 12.6. The molecule has 0 fully saturated rings. The van der Waals surface area contributed by atoms with Crippen molar-refractivity contribution in [3.63, 3.8) is 0 Å². The molecule has 1 aromatic carbocycles. The van der Waals surface area contributed by atoms with Crippen molar-refractivity contribution in [1.29, 1.82) is 0 Å². The third kappa shape index (κ3) is 3.19. The molecular weight excluding hydrogens is 214 g/mol. The topological polar surface area (TPSA) is 45.4 Å². The molecule has 0 aliphatic heterocycles. The highest BCUT2D eigenvalue weighted by Crippen LogP contribution is 2.15. The zero-order valence-corrected chi connectivity index (χ0v) is 9.89. The fourth-order valence-electron chi connectivity index (χ4n) is 1.75. The summed E-state index contributed by atoms with van der Waals surface area (Å²) in [6, 6.07) is 12.0. The lowest BCUT2D eigenvalue weighted by molar-refractivity contribution is 0.281. The molecule has 90 valence electrons. The summed E-state index contributed by atoms with van der Waals surface area (Å²) in [5, 5.41) is 12.5. The van der Waals surface area contributed by atoms with E-state index in [2.05, 4.69) is 18.3 Å². The second-order valence-corrected chi connectivity index (χ2v) is 4.09. The minimum atomic E-state index is 0.0821. The second kappa shape index (κ2) is 5.66. The average Bonchev–Trinajstić information content (AvgIpc) is 2.89. The van der Waals surface area contributed by atoms with Crippen LogP contribution in [0.3, 0.4) is 0 Å². The van der Waals surface area contributed by atoms with E-state index in [9.17, 15) is 0 Å². The Labute approximate surface area is 101 Å². The fraction of sp³-hybridized carbons (Fsp3) is 0.286. The number of hydrogen-bond donors (Lipinski definition) is 2. The zero-order chi connectivity index (χ0) is 12.1. The first kappa shape index (κ1) is 11.9. The van der Waals surface area contributed by atoms with Gasteiger partial charge in [0, 0.05) is 6.04 Å². The van der Waals surface area contributed by atoms with Crippen molar-refractivity contribution < 1.29 is 9.52 Å². The molecule has 1 unspecified atom stereocenters. The summed E-state index contributed by atoms with van der Waals surface area (Å²) in [6.45, 7) is 2.88. The highest BCUT2D eigenvalue weighted by atomic mass is 16.3. The Balaban J connectivity index is 1.96. The maximum Gasteiger partial charge on any atom is 0.117 e. The van der Waals surface area contributed by atoms with Gasteiger partial charge >= 0.3 is 0 Å². The molecule has 1 atom stereocenters. The third-order valence-electron chi connectivity index (χ3n) is 2.80. The Morgan fingerprint density at radius 3 is 2.88 bits per heavy atom. The van der Waals surface area contributed by atoms with Crippen LogP contribution in [0.1, 0.15) is 29.9 Å². The van der Waals surface area contributed by atoms with E-state index in [0.29, 0.717) is 6.54 Å². The van der Waals surface area contributed by atoms with Crippen molar-refractivity contribution in [3.05, 3.63) is 59.5 Å². The van der Waals surface area contributed by atoms with Gasteiger partial charge in [-0.05, 0) is 30.2 Å². The molecule has 2 N–H and O–H groups in total. The zero-order valence-electron chi connectivity index (χ0n) is 9.89. The number of hydrogen-bond acceptors (Lipinski definition) is 3. The third-order valence-corrected chi connectivity index (χ3v) is 2.80. The summed E-state index contributed by atoms with van der Waals surface area (Å²) in [6.07, 6.45) is 1.67. The molecule has 1 aromatic heterocycles. The molecule has 17 heavy (non-hydrogen) atoms. The van der Waals surface area contributed by atoms with Gasteiger partial charge in [0.2, 0.25) is 0 Å². The largest absolute Gasteiger partial charge is 0.468 e. The second-order valence-electron chi connectivity index (χ2n) is 4.09. The van der Waals surface area contributed by atoms with E-state index in [4.69, 9.17) is 9.52 Å². The minimum absolute atomic E-state index is 0.0821. The molecule has 0 spiro atoms. The summed E-state index contributed by atoms with van der Waals surface area (Å²) in [4.78, 5) is 0. The highest BCUT2D eigenvalue weighted by molar-refractivity contribution is 5.25. The average molecular weight is 231 g/mol. The molecule has 0 saturated heterocycles. The van der Waals surface area contributed by atoms with E-state index in [1.54, 1.807) is 6.26 Å². The SMILES string of the molecule is CC(NCc1ccco1)c1cccc(CO)c1. The maximum absolute atomic E-state index is 9.09. The van der Waals surface area contributed by atoms with Crippen LogP contribution in [0.5, 0.6) is 0 Å². The highest BCUT2D eigenvalue weighted by Gasteiger charge is 2.06. The molecule has 3 nitrogen and oxygen atoms in total. The first-order chi connectivity index (χ1) is 8.29. The molecule has 0 bridgehead atoms. The number of aliphatic hydroxyl groups excluding tert-OH is 1. The van der Waals surface area contributed by atoms with Crippen LogP contribution in [0, 0.1) is 0 Å².